The summed E-state index contributed by atoms with van der Waals surface area (Å²) in [7, 11) is 1.47. The average Bonchev–Trinajstić information content (AvgIpc) is 3.05. The van der Waals surface area contributed by atoms with Gasteiger partial charge in [0, 0.05) is 19.3 Å². The van der Waals surface area contributed by atoms with E-state index in [-0.39, 0.29) is 22.4 Å². The first-order valence-corrected chi connectivity index (χ1v) is 10.2. The topological polar surface area (TPSA) is 116 Å². The molecule has 4 aromatic rings. The van der Waals surface area contributed by atoms with Crippen molar-refractivity contribution in [2.24, 2.45) is 7.05 Å². The van der Waals surface area contributed by atoms with E-state index in [0.717, 1.165) is 22.9 Å². The highest BCUT2D eigenvalue weighted by atomic mass is 19.4. The molecule has 182 valence electrons. The van der Waals surface area contributed by atoms with Crippen molar-refractivity contribution in [2.75, 3.05) is 0 Å². The highest BCUT2D eigenvalue weighted by molar-refractivity contribution is 5.87. The molecule has 4 rings (SSSR count). The number of hydrogen-bond acceptors (Lipinski definition) is 5. The van der Waals surface area contributed by atoms with Crippen molar-refractivity contribution in [3.05, 3.63) is 96.2 Å². The van der Waals surface area contributed by atoms with E-state index in [1.165, 1.54) is 49.7 Å². The first-order valence-electron chi connectivity index (χ1n) is 10.2. The Morgan fingerprint density at radius 1 is 1.11 bits per heavy atom. The maximum atomic E-state index is 13.4. The van der Waals surface area contributed by atoms with E-state index >= 15 is 0 Å². The molecule has 0 spiro atoms. The Hall–Kier alpha value is -4.35. The standard InChI is InChI=1S/C23H18F3N3O6/c1-11-14(5-4-6-16(11)23(24,25)26)12(2)29-19(30)15(20(31)32)10-28(21(29)33)13-7-8-17-18(9-13)35-22(34)27(17)3/h4-10,12H,1-3H3,(H,31,32). The van der Waals surface area contributed by atoms with Gasteiger partial charge < -0.3 is 9.52 Å². The van der Waals surface area contributed by atoms with Gasteiger partial charge in [0.05, 0.1) is 22.8 Å². The van der Waals surface area contributed by atoms with Gasteiger partial charge in [-0.3, -0.25) is 18.5 Å². The number of hydrogen-bond donors (Lipinski definition) is 1. The lowest BCUT2D eigenvalue weighted by atomic mass is 9.97. The minimum atomic E-state index is -4.66. The number of oxazole rings is 1. The molecule has 0 saturated heterocycles. The quantitative estimate of drug-likeness (QED) is 0.471. The molecular weight excluding hydrogens is 471 g/mol. The van der Waals surface area contributed by atoms with Gasteiger partial charge in [-0.2, -0.15) is 13.2 Å². The van der Waals surface area contributed by atoms with Crippen LogP contribution >= 0.6 is 0 Å². The number of benzene rings is 2. The number of aromatic nitrogens is 3. The van der Waals surface area contributed by atoms with Crippen LogP contribution in [0.3, 0.4) is 0 Å². The molecule has 2 aromatic heterocycles. The minimum Gasteiger partial charge on any atom is -0.477 e. The number of aromatic carboxylic acids is 1. The SMILES string of the molecule is Cc1c(C(C)n2c(=O)c(C(=O)O)cn(-c3ccc4c(c3)oc(=O)n4C)c2=O)cccc1C(F)(F)F. The van der Waals surface area contributed by atoms with Crippen molar-refractivity contribution in [1.82, 2.24) is 13.7 Å². The molecule has 2 heterocycles. The fourth-order valence-corrected chi connectivity index (χ4v) is 4.07. The van der Waals surface area contributed by atoms with E-state index in [0.29, 0.717) is 10.1 Å². The van der Waals surface area contributed by atoms with E-state index in [9.17, 15) is 37.5 Å². The van der Waals surface area contributed by atoms with Gasteiger partial charge in [-0.05, 0) is 43.2 Å². The van der Waals surface area contributed by atoms with Crippen LogP contribution in [-0.2, 0) is 13.2 Å². The maximum absolute atomic E-state index is 13.4. The molecule has 1 unspecified atom stereocenters. The van der Waals surface area contributed by atoms with E-state index in [1.807, 2.05) is 0 Å². The zero-order valence-electron chi connectivity index (χ0n) is 18.6. The molecule has 9 nitrogen and oxygen atoms in total. The number of halogens is 3. The third-order valence-corrected chi connectivity index (χ3v) is 5.92. The third kappa shape index (κ3) is 3.86. The van der Waals surface area contributed by atoms with Crippen LogP contribution < -0.4 is 17.0 Å². The number of carboxylic acid groups (broad SMARTS) is 1. The Morgan fingerprint density at radius 2 is 1.80 bits per heavy atom. The summed E-state index contributed by atoms with van der Waals surface area (Å²) in [5.74, 6) is -2.29. The van der Waals surface area contributed by atoms with Gasteiger partial charge in [-0.25, -0.2) is 14.4 Å². The maximum Gasteiger partial charge on any atom is 0.419 e. The fraction of sp³-hybridized carbons (Fsp3) is 0.217. The minimum absolute atomic E-state index is 0.0256. The van der Waals surface area contributed by atoms with Gasteiger partial charge in [0.25, 0.3) is 5.56 Å². The molecule has 2 aromatic carbocycles. The lowest BCUT2D eigenvalue weighted by Gasteiger charge is -2.21. The van der Waals surface area contributed by atoms with Crippen LogP contribution in [0.15, 0.2) is 61.4 Å². The number of rotatable bonds is 4. The van der Waals surface area contributed by atoms with Crippen LogP contribution in [0.1, 0.15) is 40.0 Å². The summed E-state index contributed by atoms with van der Waals surface area (Å²) >= 11 is 0. The largest absolute Gasteiger partial charge is 0.477 e. The summed E-state index contributed by atoms with van der Waals surface area (Å²) in [5, 5.41) is 9.58. The average molecular weight is 489 g/mol. The van der Waals surface area contributed by atoms with E-state index < -0.39 is 46.3 Å². The molecule has 0 radical (unpaired) electrons. The normalized spacial score (nSPS) is 12.7. The zero-order valence-corrected chi connectivity index (χ0v) is 18.6. The number of aryl methyl sites for hydroxylation is 1. The molecule has 0 aliphatic rings. The molecule has 1 atom stereocenters. The summed E-state index contributed by atoms with van der Waals surface area (Å²) in [4.78, 5) is 50.0. The second-order valence-corrected chi connectivity index (χ2v) is 7.95. The Bertz CT molecular complexity index is 1670. The summed E-state index contributed by atoms with van der Waals surface area (Å²) < 4.78 is 48.1. The molecule has 0 aliphatic heterocycles. The highest BCUT2D eigenvalue weighted by Gasteiger charge is 2.34. The molecule has 0 fully saturated rings. The fourth-order valence-electron chi connectivity index (χ4n) is 4.07. The Kier molecular flexibility index (Phi) is 5.54. The van der Waals surface area contributed by atoms with Gasteiger partial charge in [-0.15, -0.1) is 0 Å². The van der Waals surface area contributed by atoms with Crippen LogP contribution in [0.4, 0.5) is 13.2 Å². The van der Waals surface area contributed by atoms with Crippen molar-refractivity contribution >= 4 is 17.1 Å². The molecule has 12 heteroatoms. The number of carbonyl (C=O) groups is 1. The molecule has 1 N–H and O–H groups in total. The lowest BCUT2D eigenvalue weighted by molar-refractivity contribution is -0.138. The summed E-state index contributed by atoms with van der Waals surface area (Å²) in [6.07, 6.45) is -3.83. The number of nitrogens with zero attached hydrogens (tertiary/aromatic N) is 3. The van der Waals surface area contributed by atoms with E-state index in [4.69, 9.17) is 4.42 Å². The molecule has 0 bridgehead atoms. The second-order valence-electron chi connectivity index (χ2n) is 7.95. The number of carboxylic acids is 1. The number of alkyl halides is 3. The highest BCUT2D eigenvalue weighted by Crippen LogP contribution is 2.34. The predicted molar refractivity (Wildman–Crippen MR) is 118 cm³/mol. The van der Waals surface area contributed by atoms with Crippen molar-refractivity contribution in [3.8, 4) is 5.69 Å². The molecule has 0 amide bonds. The molecule has 0 saturated carbocycles. The van der Waals surface area contributed by atoms with Crippen molar-refractivity contribution in [2.45, 2.75) is 26.1 Å². The smallest absolute Gasteiger partial charge is 0.419 e. The van der Waals surface area contributed by atoms with Gasteiger partial charge in [0.1, 0.15) is 5.56 Å². The third-order valence-electron chi connectivity index (χ3n) is 5.92. The number of fused-ring (bicyclic) bond motifs is 1. The Labute approximate surface area is 193 Å². The van der Waals surface area contributed by atoms with Crippen LogP contribution in [0.25, 0.3) is 16.8 Å². The predicted octanol–water partition coefficient (Wildman–Crippen LogP) is 3.08. The lowest BCUT2D eigenvalue weighted by Crippen LogP contribution is -2.43. The van der Waals surface area contributed by atoms with Gasteiger partial charge in [0.2, 0.25) is 0 Å². The van der Waals surface area contributed by atoms with E-state index in [2.05, 4.69) is 0 Å². The van der Waals surface area contributed by atoms with Crippen LogP contribution in [0.2, 0.25) is 0 Å². The molecular formula is C23H18F3N3O6. The zero-order chi connectivity index (χ0) is 25.8. The monoisotopic (exact) mass is 489 g/mol. The van der Waals surface area contributed by atoms with Crippen molar-refractivity contribution in [1.29, 1.82) is 0 Å². The van der Waals surface area contributed by atoms with E-state index in [1.54, 1.807) is 0 Å². The Morgan fingerprint density at radius 3 is 2.43 bits per heavy atom. The molecule has 35 heavy (non-hydrogen) atoms. The summed E-state index contributed by atoms with van der Waals surface area (Å²) in [6.45, 7) is 2.55. The van der Waals surface area contributed by atoms with Gasteiger partial charge in [0.15, 0.2) is 5.58 Å². The Balaban J connectivity index is 1.99. The van der Waals surface area contributed by atoms with Crippen molar-refractivity contribution < 1.29 is 27.5 Å². The first-order chi connectivity index (χ1) is 16.3. The van der Waals surface area contributed by atoms with Crippen LogP contribution in [0, 0.1) is 6.92 Å². The second kappa shape index (κ2) is 8.15. The molecule has 0 aliphatic carbocycles. The summed E-state index contributed by atoms with van der Waals surface area (Å²) in [6, 6.07) is 6.34. The van der Waals surface area contributed by atoms with Crippen molar-refractivity contribution in [3.63, 3.8) is 0 Å². The van der Waals surface area contributed by atoms with Crippen LogP contribution in [-0.4, -0.2) is 24.8 Å². The first kappa shape index (κ1) is 23.8. The van der Waals surface area contributed by atoms with Gasteiger partial charge in [-0.1, -0.05) is 12.1 Å². The van der Waals surface area contributed by atoms with Gasteiger partial charge >= 0.3 is 23.6 Å². The van der Waals surface area contributed by atoms with Crippen LogP contribution in [0.5, 0.6) is 0 Å². The summed E-state index contributed by atoms with van der Waals surface area (Å²) in [5.41, 5.74) is -3.43.